The van der Waals surface area contributed by atoms with Crippen molar-refractivity contribution >= 4 is 0 Å². The van der Waals surface area contributed by atoms with Gasteiger partial charge in [0.1, 0.15) is 0 Å². The molecule has 0 saturated heterocycles. The van der Waals surface area contributed by atoms with Crippen LogP contribution in [0, 0.1) is 0 Å². The minimum atomic E-state index is 0.331. The average molecular weight is 189 g/mol. The van der Waals surface area contributed by atoms with E-state index in [9.17, 15) is 0 Å². The highest BCUT2D eigenvalue weighted by atomic mass is 14.7. The fourth-order valence-electron chi connectivity index (χ4n) is 2.37. The molecule has 0 bridgehead atoms. The summed E-state index contributed by atoms with van der Waals surface area (Å²) in [6.07, 6.45) is 4.89. The first-order valence-corrected chi connectivity index (χ1v) is 5.61. The van der Waals surface area contributed by atoms with Gasteiger partial charge in [0.2, 0.25) is 0 Å². The van der Waals surface area contributed by atoms with Gasteiger partial charge in [0.05, 0.1) is 0 Å². The summed E-state index contributed by atoms with van der Waals surface area (Å²) in [7, 11) is 0. The minimum absolute atomic E-state index is 0.331. The summed E-state index contributed by atoms with van der Waals surface area (Å²) in [6.45, 7) is 2.21. The molecule has 0 radical (unpaired) electrons. The Morgan fingerprint density at radius 1 is 1.29 bits per heavy atom. The van der Waals surface area contributed by atoms with Crippen molar-refractivity contribution in [3.63, 3.8) is 0 Å². The Kier molecular flexibility index (Phi) is 2.60. The molecule has 0 amide bonds. The molecule has 2 rings (SSSR count). The molecule has 1 nitrogen and oxygen atoms in total. The minimum Gasteiger partial charge on any atom is -0.327 e. The Labute approximate surface area is 86.3 Å². The number of benzene rings is 1. The topological polar surface area (TPSA) is 26.0 Å². The van der Waals surface area contributed by atoms with E-state index in [1.807, 2.05) is 0 Å². The van der Waals surface area contributed by atoms with Crippen LogP contribution in [0.4, 0.5) is 0 Å². The van der Waals surface area contributed by atoms with Crippen LogP contribution in [0.5, 0.6) is 0 Å². The second kappa shape index (κ2) is 3.74. The third-order valence-electron chi connectivity index (χ3n) is 3.45. The predicted molar refractivity (Wildman–Crippen MR) is 60.2 cm³/mol. The fraction of sp³-hybridized carbons (Fsp3) is 0.538. The zero-order valence-corrected chi connectivity index (χ0v) is 8.87. The van der Waals surface area contributed by atoms with E-state index < -0.39 is 0 Å². The summed E-state index contributed by atoms with van der Waals surface area (Å²) in [5, 5.41) is 0. The molecule has 1 aliphatic rings. The molecule has 1 aromatic rings. The van der Waals surface area contributed by atoms with Crippen molar-refractivity contribution in [2.24, 2.45) is 5.73 Å². The van der Waals surface area contributed by atoms with Crippen LogP contribution < -0.4 is 5.73 Å². The van der Waals surface area contributed by atoms with Gasteiger partial charge in [0, 0.05) is 11.5 Å². The van der Waals surface area contributed by atoms with Crippen molar-refractivity contribution in [3.05, 3.63) is 35.9 Å². The van der Waals surface area contributed by atoms with E-state index in [-0.39, 0.29) is 0 Å². The van der Waals surface area contributed by atoms with Gasteiger partial charge in [-0.2, -0.15) is 0 Å². The quantitative estimate of drug-likeness (QED) is 0.774. The molecule has 1 saturated carbocycles. The van der Waals surface area contributed by atoms with E-state index in [1.165, 1.54) is 24.8 Å². The van der Waals surface area contributed by atoms with E-state index in [0.717, 1.165) is 6.42 Å². The molecule has 0 spiro atoms. The number of rotatable bonds is 4. The SMILES string of the molecule is CCC[C@@H](N)C1(c2ccccc2)CC1. The van der Waals surface area contributed by atoms with Crippen LogP contribution in [-0.2, 0) is 5.41 Å². The van der Waals surface area contributed by atoms with Crippen LogP contribution in [-0.4, -0.2) is 6.04 Å². The number of hydrogen-bond acceptors (Lipinski definition) is 1. The second-order valence-electron chi connectivity index (χ2n) is 4.42. The van der Waals surface area contributed by atoms with E-state index in [0.29, 0.717) is 11.5 Å². The van der Waals surface area contributed by atoms with Crippen molar-refractivity contribution in [1.29, 1.82) is 0 Å². The van der Waals surface area contributed by atoms with Gasteiger partial charge in [0.25, 0.3) is 0 Å². The van der Waals surface area contributed by atoms with Crippen molar-refractivity contribution in [2.45, 2.75) is 44.1 Å². The zero-order valence-electron chi connectivity index (χ0n) is 8.87. The molecular formula is C13H19N. The standard InChI is InChI=1S/C13H19N/c1-2-6-12(14)13(9-10-13)11-7-4-3-5-8-11/h3-5,7-8,12H,2,6,9-10,14H2,1H3/t12-/m1/s1. The van der Waals surface area contributed by atoms with Gasteiger partial charge >= 0.3 is 0 Å². The normalized spacial score (nSPS) is 20.4. The first-order chi connectivity index (χ1) is 6.79. The molecule has 0 heterocycles. The van der Waals surface area contributed by atoms with Gasteiger partial charge in [-0.25, -0.2) is 0 Å². The van der Waals surface area contributed by atoms with Crippen LogP contribution >= 0.6 is 0 Å². The molecule has 0 aliphatic heterocycles. The third-order valence-corrected chi connectivity index (χ3v) is 3.45. The summed E-state index contributed by atoms with van der Waals surface area (Å²) < 4.78 is 0. The van der Waals surface area contributed by atoms with Gasteiger partial charge in [-0.3, -0.25) is 0 Å². The highest BCUT2D eigenvalue weighted by Crippen LogP contribution is 2.51. The highest BCUT2D eigenvalue weighted by molar-refractivity contribution is 5.33. The highest BCUT2D eigenvalue weighted by Gasteiger charge is 2.48. The summed E-state index contributed by atoms with van der Waals surface area (Å²) >= 11 is 0. The maximum Gasteiger partial charge on any atom is 0.0136 e. The van der Waals surface area contributed by atoms with Gasteiger partial charge in [-0.1, -0.05) is 43.7 Å². The van der Waals surface area contributed by atoms with E-state index in [4.69, 9.17) is 5.73 Å². The number of hydrogen-bond donors (Lipinski definition) is 1. The molecule has 1 atom stereocenters. The molecule has 14 heavy (non-hydrogen) atoms. The lowest BCUT2D eigenvalue weighted by atomic mass is 9.86. The molecule has 1 fully saturated rings. The molecule has 1 heteroatoms. The van der Waals surface area contributed by atoms with E-state index >= 15 is 0 Å². The lowest BCUT2D eigenvalue weighted by Gasteiger charge is -2.23. The van der Waals surface area contributed by atoms with Gasteiger partial charge < -0.3 is 5.73 Å². The maximum atomic E-state index is 6.26. The van der Waals surface area contributed by atoms with Crippen molar-refractivity contribution in [2.75, 3.05) is 0 Å². The molecule has 1 aliphatic carbocycles. The van der Waals surface area contributed by atoms with Crippen LogP contribution in [0.1, 0.15) is 38.2 Å². The van der Waals surface area contributed by atoms with Crippen LogP contribution in [0.3, 0.4) is 0 Å². The Bertz CT molecular complexity index is 287. The Morgan fingerprint density at radius 3 is 2.43 bits per heavy atom. The largest absolute Gasteiger partial charge is 0.327 e. The molecule has 1 aromatic carbocycles. The smallest absolute Gasteiger partial charge is 0.0136 e. The van der Waals surface area contributed by atoms with Gasteiger partial charge in [-0.15, -0.1) is 0 Å². The Morgan fingerprint density at radius 2 is 1.93 bits per heavy atom. The Balaban J connectivity index is 2.17. The maximum absolute atomic E-state index is 6.26. The lowest BCUT2D eigenvalue weighted by molar-refractivity contribution is 0.480. The predicted octanol–water partition coefficient (Wildman–Crippen LogP) is 2.85. The fourth-order valence-corrected chi connectivity index (χ4v) is 2.37. The third kappa shape index (κ3) is 1.57. The molecule has 0 aromatic heterocycles. The van der Waals surface area contributed by atoms with Crippen LogP contribution in [0.2, 0.25) is 0 Å². The number of nitrogens with two attached hydrogens (primary N) is 1. The molecule has 2 N–H and O–H groups in total. The van der Waals surface area contributed by atoms with E-state index in [1.54, 1.807) is 0 Å². The molecule has 0 unspecified atom stereocenters. The first-order valence-electron chi connectivity index (χ1n) is 5.61. The second-order valence-corrected chi connectivity index (χ2v) is 4.42. The summed E-state index contributed by atoms with van der Waals surface area (Å²) in [4.78, 5) is 0. The molecule has 76 valence electrons. The van der Waals surface area contributed by atoms with Gasteiger partial charge in [0.15, 0.2) is 0 Å². The van der Waals surface area contributed by atoms with E-state index in [2.05, 4.69) is 37.3 Å². The average Bonchev–Trinajstić information content (AvgIpc) is 3.00. The van der Waals surface area contributed by atoms with Gasteiger partial charge in [-0.05, 0) is 24.8 Å². The summed E-state index contributed by atoms with van der Waals surface area (Å²) in [5.41, 5.74) is 8.03. The Hall–Kier alpha value is -0.820. The lowest BCUT2D eigenvalue weighted by Crippen LogP contribution is -2.34. The van der Waals surface area contributed by atoms with Crippen molar-refractivity contribution in [1.82, 2.24) is 0 Å². The van der Waals surface area contributed by atoms with Crippen molar-refractivity contribution in [3.8, 4) is 0 Å². The summed E-state index contributed by atoms with van der Waals surface area (Å²) in [5.74, 6) is 0. The molecular weight excluding hydrogens is 170 g/mol. The monoisotopic (exact) mass is 189 g/mol. The summed E-state index contributed by atoms with van der Waals surface area (Å²) in [6, 6.07) is 11.1. The van der Waals surface area contributed by atoms with Crippen LogP contribution in [0.25, 0.3) is 0 Å². The first kappa shape index (κ1) is 9.72. The van der Waals surface area contributed by atoms with Crippen LogP contribution in [0.15, 0.2) is 30.3 Å². The zero-order chi connectivity index (χ0) is 10.0. The van der Waals surface area contributed by atoms with Crippen molar-refractivity contribution < 1.29 is 0 Å².